The first kappa shape index (κ1) is 49.8. The van der Waals surface area contributed by atoms with Gasteiger partial charge in [0.1, 0.15) is 34.7 Å². The van der Waals surface area contributed by atoms with E-state index in [9.17, 15) is 28.6 Å². The van der Waals surface area contributed by atoms with Crippen LogP contribution in [0.15, 0.2) is 97.3 Å². The second-order valence-corrected chi connectivity index (χ2v) is 18.1. The summed E-state index contributed by atoms with van der Waals surface area (Å²) in [5.41, 5.74) is 28.3. The van der Waals surface area contributed by atoms with E-state index in [1.54, 1.807) is 73.1 Å². The molecule has 68 heavy (non-hydrogen) atoms. The maximum Gasteiger partial charge on any atom is 0.254 e. The molecule has 4 aromatic carbocycles. The number of aromatic nitrogens is 4. The number of nitrogen functional groups attached to an aromatic ring is 2. The zero-order valence-electron chi connectivity index (χ0n) is 37.1. The van der Waals surface area contributed by atoms with E-state index in [1.807, 2.05) is 0 Å². The number of carbonyl (C=O) groups is 2. The van der Waals surface area contributed by atoms with Gasteiger partial charge in [-0.25, -0.2) is 28.7 Å². The molecule has 0 spiro atoms. The summed E-state index contributed by atoms with van der Waals surface area (Å²) in [7, 11) is 0. The lowest BCUT2D eigenvalue weighted by Gasteiger charge is -2.25. The molecule has 0 bridgehead atoms. The van der Waals surface area contributed by atoms with Crippen molar-refractivity contribution in [2.24, 2.45) is 11.5 Å². The molecule has 2 aliphatic rings. The van der Waals surface area contributed by atoms with E-state index < -0.39 is 35.5 Å². The number of anilines is 2. The van der Waals surface area contributed by atoms with Crippen molar-refractivity contribution < 1.29 is 28.6 Å². The Hall–Kier alpha value is -6.14. The number of nitrogens with zero attached hydrogens (tertiary/aromatic N) is 4. The van der Waals surface area contributed by atoms with Crippen molar-refractivity contribution in [1.82, 2.24) is 30.6 Å². The maximum absolute atomic E-state index is 15.0. The Labute approximate surface area is 402 Å². The normalized spacial score (nSPS) is 18.9. The van der Waals surface area contributed by atoms with E-state index in [0.717, 1.165) is 62.8 Å². The molecule has 0 aliphatic heterocycles. The van der Waals surface area contributed by atoms with Crippen LogP contribution < -0.4 is 33.6 Å². The molecule has 8 rings (SSSR count). The quantitative estimate of drug-likeness (QED) is 0.0582. The fourth-order valence-corrected chi connectivity index (χ4v) is 8.95. The Morgan fingerprint density at radius 1 is 0.603 bits per heavy atom. The first-order chi connectivity index (χ1) is 32.7. The van der Waals surface area contributed by atoms with E-state index in [1.165, 1.54) is 24.3 Å². The van der Waals surface area contributed by atoms with Gasteiger partial charge in [0.25, 0.3) is 11.8 Å². The van der Waals surface area contributed by atoms with Gasteiger partial charge in [0, 0.05) is 45.1 Å². The van der Waals surface area contributed by atoms with Crippen LogP contribution in [-0.2, 0) is 0 Å². The van der Waals surface area contributed by atoms with Gasteiger partial charge in [0.05, 0.1) is 60.2 Å². The maximum atomic E-state index is 15.0. The topological polar surface area (TPSA) is 254 Å². The highest BCUT2D eigenvalue weighted by Gasteiger charge is 2.26. The zero-order chi connectivity index (χ0) is 48.5. The first-order valence-electron chi connectivity index (χ1n) is 22.4. The lowest BCUT2D eigenvalue weighted by Crippen LogP contribution is -2.31. The van der Waals surface area contributed by atoms with Crippen LogP contribution in [0.1, 0.15) is 119 Å². The average Bonchev–Trinajstić information content (AvgIpc) is 3.33. The van der Waals surface area contributed by atoms with Gasteiger partial charge in [-0.15, -0.1) is 0 Å². The van der Waals surface area contributed by atoms with Crippen molar-refractivity contribution >= 4 is 46.7 Å². The van der Waals surface area contributed by atoms with Gasteiger partial charge in [-0.2, -0.15) is 0 Å². The fourth-order valence-electron chi connectivity index (χ4n) is 8.55. The molecule has 356 valence electrons. The highest BCUT2D eigenvalue weighted by atomic mass is 35.5. The number of aliphatic hydroxyl groups excluding tert-OH is 2. The van der Waals surface area contributed by atoms with Gasteiger partial charge >= 0.3 is 0 Å². The Kier molecular flexibility index (Phi) is 16.7. The molecule has 2 fully saturated rings. The molecule has 2 saturated carbocycles. The van der Waals surface area contributed by atoms with Crippen LogP contribution in [0.4, 0.5) is 20.4 Å². The van der Waals surface area contributed by atoms with Crippen molar-refractivity contribution in [3.8, 4) is 22.5 Å². The summed E-state index contributed by atoms with van der Waals surface area (Å²) in [6.45, 7) is -0.729. The van der Waals surface area contributed by atoms with E-state index in [4.69, 9.17) is 46.1 Å². The van der Waals surface area contributed by atoms with Crippen molar-refractivity contribution in [2.75, 3.05) is 24.7 Å². The van der Waals surface area contributed by atoms with Gasteiger partial charge < -0.3 is 43.8 Å². The summed E-state index contributed by atoms with van der Waals surface area (Å²) < 4.78 is 30.0. The van der Waals surface area contributed by atoms with E-state index in [2.05, 4.69) is 30.6 Å². The minimum atomic E-state index is -0.730. The molecular weight excluding hydrogens is 914 g/mol. The SMILES string of the molecule is Nc1ncc(C2CCC(N)CC2)nc1-c1ccc(C(=O)N[C@H](CO)c2cccc(Cl)c2)c(F)c1.Nc1ncc(C2CCC(N)CC2)nc1-c1ccc(C(=O)N[C@H](CO)c2cccc(Cl)c2)c(F)c1. The molecule has 2 aromatic heterocycles. The molecule has 2 atom stereocenters. The van der Waals surface area contributed by atoms with Crippen LogP contribution in [0.3, 0.4) is 0 Å². The Bertz CT molecular complexity index is 2550. The van der Waals surface area contributed by atoms with Gasteiger partial charge in [0.15, 0.2) is 0 Å². The van der Waals surface area contributed by atoms with Crippen LogP contribution in [0.2, 0.25) is 10.0 Å². The highest BCUT2D eigenvalue weighted by molar-refractivity contribution is 6.30. The number of hydrogen-bond acceptors (Lipinski definition) is 12. The Morgan fingerprint density at radius 3 is 1.32 bits per heavy atom. The number of amides is 2. The Balaban J connectivity index is 0.000000201. The fraction of sp³-hybridized carbons (Fsp3) is 0.320. The standard InChI is InChI=1S/2C25H27ClFN5O2/c2*26-17-3-1-2-15(10-17)22(13-33)32-25(34)19-9-6-16(11-20(19)27)23-24(29)30-12-21(31-23)14-4-7-18(28)8-5-14/h2*1-3,6,9-12,14,18,22,33H,4-5,7-8,13,28H2,(H2,29,30)(H,32,34)/t2*14?,18?,22-/m11/s1. The van der Waals surface area contributed by atoms with E-state index >= 15 is 0 Å². The third-order valence-corrected chi connectivity index (χ3v) is 12.9. The molecule has 18 heteroatoms. The van der Waals surface area contributed by atoms with E-state index in [-0.39, 0.29) is 59.9 Å². The summed E-state index contributed by atoms with van der Waals surface area (Å²) in [6.07, 6.45) is 10.7. The summed E-state index contributed by atoms with van der Waals surface area (Å²) in [5, 5.41) is 25.7. The monoisotopic (exact) mass is 966 g/mol. The highest BCUT2D eigenvalue weighted by Crippen LogP contribution is 2.35. The largest absolute Gasteiger partial charge is 0.394 e. The minimum absolute atomic E-state index is 0.159. The van der Waals surface area contributed by atoms with Crippen LogP contribution >= 0.6 is 23.2 Å². The number of benzene rings is 4. The van der Waals surface area contributed by atoms with Crippen molar-refractivity contribution in [1.29, 1.82) is 0 Å². The molecule has 2 aliphatic carbocycles. The first-order valence-corrected chi connectivity index (χ1v) is 23.2. The number of nitrogens with one attached hydrogen (secondary N) is 2. The summed E-state index contributed by atoms with van der Waals surface area (Å²) >= 11 is 12.0. The number of nitrogens with two attached hydrogens (primary N) is 4. The van der Waals surface area contributed by atoms with Crippen molar-refractivity contribution in [3.05, 3.63) is 153 Å². The number of rotatable bonds is 12. The van der Waals surface area contributed by atoms with Crippen LogP contribution in [0.25, 0.3) is 22.5 Å². The van der Waals surface area contributed by atoms with Gasteiger partial charge in [-0.05, 0) is 111 Å². The predicted octanol–water partition coefficient (Wildman–Crippen LogP) is 7.93. The summed E-state index contributed by atoms with van der Waals surface area (Å²) in [5.74, 6) is -1.92. The zero-order valence-corrected chi connectivity index (χ0v) is 38.6. The summed E-state index contributed by atoms with van der Waals surface area (Å²) in [4.78, 5) is 43.4. The second kappa shape index (κ2) is 22.8. The smallest absolute Gasteiger partial charge is 0.254 e. The van der Waals surface area contributed by atoms with Gasteiger partial charge in [0.2, 0.25) is 0 Å². The molecule has 0 radical (unpaired) electrons. The molecular formula is C50H54Cl2F2N10O4. The third-order valence-electron chi connectivity index (χ3n) is 12.5. The molecule has 14 nitrogen and oxygen atoms in total. The van der Waals surface area contributed by atoms with Gasteiger partial charge in [-0.3, -0.25) is 9.59 Å². The van der Waals surface area contributed by atoms with Gasteiger partial charge in [-0.1, -0.05) is 59.6 Å². The molecule has 2 amide bonds. The Morgan fingerprint density at radius 2 is 0.985 bits per heavy atom. The second-order valence-electron chi connectivity index (χ2n) is 17.2. The third kappa shape index (κ3) is 12.3. The summed E-state index contributed by atoms with van der Waals surface area (Å²) in [6, 6.07) is 20.9. The molecule has 0 saturated heterocycles. The minimum Gasteiger partial charge on any atom is -0.394 e. The van der Waals surface area contributed by atoms with Crippen LogP contribution in [0, 0.1) is 11.6 Å². The molecule has 2 heterocycles. The van der Waals surface area contributed by atoms with Crippen LogP contribution in [-0.4, -0.2) is 67.3 Å². The average molecular weight is 968 g/mol. The molecule has 6 aromatic rings. The van der Waals surface area contributed by atoms with Crippen LogP contribution in [0.5, 0.6) is 0 Å². The molecule has 12 N–H and O–H groups in total. The number of carbonyl (C=O) groups excluding carboxylic acids is 2. The predicted molar refractivity (Wildman–Crippen MR) is 260 cm³/mol. The molecule has 0 unspecified atom stereocenters. The van der Waals surface area contributed by atoms with Crippen molar-refractivity contribution in [2.45, 2.75) is 87.4 Å². The lowest BCUT2D eigenvalue weighted by atomic mass is 9.84. The number of halogens is 4. The van der Waals surface area contributed by atoms with E-state index in [0.29, 0.717) is 43.7 Å². The lowest BCUT2D eigenvalue weighted by molar-refractivity contribution is 0.0904. The van der Waals surface area contributed by atoms with Crippen molar-refractivity contribution in [3.63, 3.8) is 0 Å². The number of aliphatic hydroxyl groups is 2. The number of hydrogen-bond donors (Lipinski definition) is 8.